The highest BCUT2D eigenvalue weighted by Gasteiger charge is 2.26. The van der Waals surface area contributed by atoms with Crippen LogP contribution in [0.5, 0.6) is 0 Å². The van der Waals surface area contributed by atoms with E-state index in [9.17, 15) is 0 Å². The van der Waals surface area contributed by atoms with Crippen molar-refractivity contribution < 1.29 is 4.74 Å². The number of pyridine rings is 1. The molecule has 1 fully saturated rings. The molecule has 2 rings (SSSR count). The molecule has 1 aliphatic rings. The van der Waals surface area contributed by atoms with Crippen LogP contribution >= 0.6 is 0 Å². The van der Waals surface area contributed by atoms with Crippen molar-refractivity contribution in [2.45, 2.75) is 32.9 Å². The Morgan fingerprint density at radius 2 is 2.26 bits per heavy atom. The molecule has 1 aromatic heterocycles. The lowest BCUT2D eigenvalue weighted by Gasteiger charge is -2.37. The molecule has 1 saturated heterocycles. The summed E-state index contributed by atoms with van der Waals surface area (Å²) in [7, 11) is 3.77. The van der Waals surface area contributed by atoms with Crippen LogP contribution in [-0.2, 0) is 11.3 Å². The number of ether oxygens (including phenoxy) is 1. The first kappa shape index (κ1) is 14.3. The Balaban J connectivity index is 2.11. The van der Waals surface area contributed by atoms with Gasteiger partial charge in [0.1, 0.15) is 5.82 Å². The van der Waals surface area contributed by atoms with Crippen LogP contribution < -0.4 is 10.2 Å². The monoisotopic (exact) mass is 263 g/mol. The number of nitrogens with zero attached hydrogens (tertiary/aromatic N) is 2. The molecular weight excluding hydrogens is 238 g/mol. The third-order valence-electron chi connectivity index (χ3n) is 4.06. The lowest BCUT2D eigenvalue weighted by atomic mass is 9.96. The third-order valence-corrected chi connectivity index (χ3v) is 4.06. The van der Waals surface area contributed by atoms with Gasteiger partial charge in [-0.3, -0.25) is 0 Å². The minimum Gasteiger partial charge on any atom is -0.379 e. The Labute approximate surface area is 116 Å². The minimum absolute atomic E-state index is 0.313. The lowest BCUT2D eigenvalue weighted by Crippen LogP contribution is -2.44. The van der Waals surface area contributed by atoms with E-state index in [1.54, 1.807) is 7.11 Å². The number of rotatable bonds is 4. The maximum atomic E-state index is 5.57. The fraction of sp³-hybridized carbons (Fsp3) is 0.667. The van der Waals surface area contributed by atoms with Crippen LogP contribution in [0.15, 0.2) is 12.1 Å². The van der Waals surface area contributed by atoms with Crippen molar-refractivity contribution >= 4 is 5.82 Å². The molecule has 0 aromatic carbocycles. The number of hydrogen-bond donors (Lipinski definition) is 1. The van der Waals surface area contributed by atoms with Crippen LogP contribution in [0.25, 0.3) is 0 Å². The summed E-state index contributed by atoms with van der Waals surface area (Å²) in [6.07, 6.45) is 1.48. The predicted molar refractivity (Wildman–Crippen MR) is 78.5 cm³/mol. The van der Waals surface area contributed by atoms with Crippen LogP contribution in [0, 0.1) is 12.8 Å². The summed E-state index contributed by atoms with van der Waals surface area (Å²) in [6, 6.07) is 4.30. The molecule has 1 aliphatic heterocycles. The molecule has 0 amide bonds. The molecule has 1 N–H and O–H groups in total. The smallest absolute Gasteiger partial charge is 0.128 e. The van der Waals surface area contributed by atoms with Crippen molar-refractivity contribution in [3.8, 4) is 0 Å². The summed E-state index contributed by atoms with van der Waals surface area (Å²) >= 11 is 0. The summed E-state index contributed by atoms with van der Waals surface area (Å²) in [5, 5.41) is 3.17. The Hall–Kier alpha value is -1.13. The Morgan fingerprint density at radius 3 is 2.89 bits per heavy atom. The first-order valence-corrected chi connectivity index (χ1v) is 7.04. The fourth-order valence-corrected chi connectivity index (χ4v) is 2.68. The average Bonchev–Trinajstić information content (AvgIpc) is 2.42. The summed E-state index contributed by atoms with van der Waals surface area (Å²) < 4.78 is 5.57. The number of methoxy groups -OCH3 is 1. The van der Waals surface area contributed by atoms with Crippen molar-refractivity contribution in [3.05, 3.63) is 23.4 Å². The maximum absolute atomic E-state index is 5.57. The second kappa shape index (κ2) is 6.35. The van der Waals surface area contributed by atoms with Gasteiger partial charge in [-0.05, 0) is 37.9 Å². The van der Waals surface area contributed by atoms with Crippen molar-refractivity contribution in [2.24, 2.45) is 5.92 Å². The molecule has 2 atom stereocenters. The van der Waals surface area contributed by atoms with Gasteiger partial charge in [0.2, 0.25) is 0 Å². The zero-order chi connectivity index (χ0) is 13.8. The zero-order valence-corrected chi connectivity index (χ0v) is 12.4. The quantitative estimate of drug-likeness (QED) is 0.901. The molecule has 106 valence electrons. The number of anilines is 1. The van der Waals surface area contributed by atoms with Crippen LogP contribution in [0.1, 0.15) is 24.6 Å². The molecule has 2 unspecified atom stereocenters. The molecule has 0 spiro atoms. The lowest BCUT2D eigenvalue weighted by molar-refractivity contribution is 0.0496. The molecule has 4 nitrogen and oxygen atoms in total. The molecular formula is C15H25N3O. The van der Waals surface area contributed by atoms with Crippen molar-refractivity contribution in [3.63, 3.8) is 0 Å². The molecule has 19 heavy (non-hydrogen) atoms. The van der Waals surface area contributed by atoms with Gasteiger partial charge in [0.15, 0.2) is 0 Å². The van der Waals surface area contributed by atoms with Crippen LogP contribution in [0.3, 0.4) is 0 Å². The number of hydrogen-bond acceptors (Lipinski definition) is 4. The number of nitrogens with one attached hydrogen (secondary N) is 1. The number of piperidine rings is 1. The first-order valence-electron chi connectivity index (χ1n) is 7.04. The van der Waals surface area contributed by atoms with Crippen LogP contribution in [0.2, 0.25) is 0 Å². The highest BCUT2D eigenvalue weighted by Crippen LogP contribution is 2.24. The zero-order valence-electron chi connectivity index (χ0n) is 12.4. The highest BCUT2D eigenvalue weighted by atomic mass is 16.5. The second-order valence-electron chi connectivity index (χ2n) is 5.43. The van der Waals surface area contributed by atoms with Crippen molar-refractivity contribution in [1.29, 1.82) is 0 Å². The van der Waals surface area contributed by atoms with Crippen molar-refractivity contribution in [2.75, 3.05) is 32.1 Å². The molecule has 0 saturated carbocycles. The van der Waals surface area contributed by atoms with Crippen molar-refractivity contribution in [1.82, 2.24) is 10.3 Å². The first-order chi connectivity index (χ1) is 9.15. The van der Waals surface area contributed by atoms with Gasteiger partial charge in [0.05, 0.1) is 6.10 Å². The largest absolute Gasteiger partial charge is 0.379 e. The van der Waals surface area contributed by atoms with Gasteiger partial charge in [0, 0.05) is 32.4 Å². The normalized spacial score (nSPS) is 23.7. The van der Waals surface area contributed by atoms with E-state index in [0.29, 0.717) is 12.0 Å². The summed E-state index contributed by atoms with van der Waals surface area (Å²) in [6.45, 7) is 7.22. The van der Waals surface area contributed by atoms with E-state index in [0.717, 1.165) is 37.6 Å². The molecule has 0 aliphatic carbocycles. The average molecular weight is 263 g/mol. The molecule has 2 heterocycles. The van der Waals surface area contributed by atoms with Gasteiger partial charge in [-0.2, -0.15) is 0 Å². The van der Waals surface area contributed by atoms with E-state index >= 15 is 0 Å². The molecule has 1 aromatic rings. The van der Waals surface area contributed by atoms with E-state index in [4.69, 9.17) is 9.72 Å². The Bertz CT molecular complexity index is 422. The Morgan fingerprint density at radius 1 is 1.47 bits per heavy atom. The minimum atomic E-state index is 0.313. The Kier molecular flexibility index (Phi) is 4.77. The predicted octanol–water partition coefficient (Wildman–Crippen LogP) is 1.97. The number of aryl methyl sites for hydroxylation is 1. The van der Waals surface area contributed by atoms with Gasteiger partial charge in [-0.1, -0.05) is 13.0 Å². The summed E-state index contributed by atoms with van der Waals surface area (Å²) in [4.78, 5) is 7.08. The fourth-order valence-electron chi connectivity index (χ4n) is 2.68. The third kappa shape index (κ3) is 3.25. The SMILES string of the molecule is CNCc1ccc(N2CCC(C)C(OC)C2)nc1C. The van der Waals surface area contributed by atoms with Gasteiger partial charge < -0.3 is 15.0 Å². The highest BCUT2D eigenvalue weighted by molar-refractivity contribution is 5.42. The van der Waals surface area contributed by atoms with E-state index < -0.39 is 0 Å². The van der Waals surface area contributed by atoms with Gasteiger partial charge in [-0.25, -0.2) is 4.98 Å². The summed E-state index contributed by atoms with van der Waals surface area (Å²) in [5.74, 6) is 1.71. The van der Waals surface area contributed by atoms with E-state index in [-0.39, 0.29) is 0 Å². The topological polar surface area (TPSA) is 37.4 Å². The van der Waals surface area contributed by atoms with E-state index in [1.807, 2.05) is 7.05 Å². The van der Waals surface area contributed by atoms with E-state index in [2.05, 4.69) is 36.2 Å². The van der Waals surface area contributed by atoms with Gasteiger partial charge in [0.25, 0.3) is 0 Å². The maximum Gasteiger partial charge on any atom is 0.128 e. The second-order valence-corrected chi connectivity index (χ2v) is 5.43. The van der Waals surface area contributed by atoms with Gasteiger partial charge in [-0.15, -0.1) is 0 Å². The van der Waals surface area contributed by atoms with E-state index in [1.165, 1.54) is 5.56 Å². The molecule has 4 heteroatoms. The standard InChI is InChI=1S/C15H25N3O/c1-11-7-8-18(10-14(11)19-4)15-6-5-13(9-16-3)12(2)17-15/h5-6,11,14,16H,7-10H2,1-4H3. The molecule has 0 bridgehead atoms. The summed E-state index contributed by atoms with van der Waals surface area (Å²) in [5.41, 5.74) is 2.37. The van der Waals surface area contributed by atoms with Gasteiger partial charge >= 0.3 is 0 Å². The molecule has 0 radical (unpaired) electrons. The van der Waals surface area contributed by atoms with Crippen LogP contribution in [0.4, 0.5) is 5.82 Å². The number of aromatic nitrogens is 1. The van der Waals surface area contributed by atoms with Crippen LogP contribution in [-0.4, -0.2) is 38.3 Å².